The molecule has 1 fully saturated rings. The molecule has 2 rings (SSSR count). The number of methoxy groups -OCH3 is 1. The van der Waals surface area contributed by atoms with Crippen LogP contribution in [0.25, 0.3) is 0 Å². The van der Waals surface area contributed by atoms with Crippen molar-refractivity contribution in [1.82, 2.24) is 10.2 Å². The molecule has 20 heavy (non-hydrogen) atoms. The van der Waals surface area contributed by atoms with Gasteiger partial charge in [-0.25, -0.2) is 4.39 Å². The molecule has 0 radical (unpaired) electrons. The average Bonchev–Trinajstić information content (AvgIpc) is 2.50. The lowest BCUT2D eigenvalue weighted by atomic mass is 9.90. The van der Waals surface area contributed by atoms with Crippen LogP contribution >= 0.6 is 0 Å². The van der Waals surface area contributed by atoms with Gasteiger partial charge in [-0.1, -0.05) is 20.3 Å². The Bertz CT molecular complexity index is 432. The lowest BCUT2D eigenvalue weighted by molar-refractivity contribution is 0.125. The van der Waals surface area contributed by atoms with Crippen LogP contribution in [0, 0.1) is 11.7 Å². The van der Waals surface area contributed by atoms with E-state index < -0.39 is 0 Å². The van der Waals surface area contributed by atoms with Crippen LogP contribution in [0.1, 0.15) is 31.9 Å². The van der Waals surface area contributed by atoms with E-state index in [0.29, 0.717) is 5.92 Å². The summed E-state index contributed by atoms with van der Waals surface area (Å²) in [5.41, 5.74) is 0.764. The van der Waals surface area contributed by atoms with Gasteiger partial charge in [-0.3, -0.25) is 4.90 Å². The molecule has 0 amide bonds. The quantitative estimate of drug-likeness (QED) is 0.897. The van der Waals surface area contributed by atoms with Gasteiger partial charge in [0.2, 0.25) is 0 Å². The first-order valence-electron chi connectivity index (χ1n) is 7.45. The molecule has 0 saturated carbocycles. The van der Waals surface area contributed by atoms with Gasteiger partial charge in [0, 0.05) is 37.8 Å². The van der Waals surface area contributed by atoms with Crippen molar-refractivity contribution >= 4 is 0 Å². The molecule has 4 heteroatoms. The van der Waals surface area contributed by atoms with E-state index in [4.69, 9.17) is 4.74 Å². The lowest BCUT2D eigenvalue weighted by Gasteiger charge is -2.38. The van der Waals surface area contributed by atoms with Crippen LogP contribution in [-0.4, -0.2) is 38.2 Å². The van der Waals surface area contributed by atoms with Crippen molar-refractivity contribution in [2.24, 2.45) is 5.92 Å². The summed E-state index contributed by atoms with van der Waals surface area (Å²) in [6, 6.07) is 5.18. The van der Waals surface area contributed by atoms with Gasteiger partial charge in [0.15, 0.2) is 0 Å². The second-order valence-electron chi connectivity index (χ2n) is 5.50. The molecule has 112 valence electrons. The van der Waals surface area contributed by atoms with Gasteiger partial charge < -0.3 is 10.1 Å². The largest absolute Gasteiger partial charge is 0.497 e. The summed E-state index contributed by atoms with van der Waals surface area (Å²) in [7, 11) is 1.63. The fourth-order valence-electron chi connectivity index (χ4n) is 2.92. The third-order valence-electron chi connectivity index (χ3n) is 4.25. The van der Waals surface area contributed by atoms with E-state index in [2.05, 4.69) is 24.1 Å². The zero-order valence-corrected chi connectivity index (χ0v) is 12.7. The van der Waals surface area contributed by atoms with Crippen molar-refractivity contribution in [3.05, 3.63) is 29.6 Å². The molecule has 1 aromatic rings. The highest BCUT2D eigenvalue weighted by molar-refractivity contribution is 5.32. The van der Waals surface area contributed by atoms with Gasteiger partial charge in [0.1, 0.15) is 11.6 Å². The number of piperazine rings is 1. The molecule has 0 aliphatic carbocycles. The summed E-state index contributed by atoms with van der Waals surface area (Å²) in [6.45, 7) is 8.23. The number of halogens is 1. The van der Waals surface area contributed by atoms with Crippen LogP contribution < -0.4 is 10.1 Å². The zero-order valence-electron chi connectivity index (χ0n) is 12.7. The second kappa shape index (κ2) is 7.04. The van der Waals surface area contributed by atoms with Crippen molar-refractivity contribution in [1.29, 1.82) is 0 Å². The van der Waals surface area contributed by atoms with E-state index in [-0.39, 0.29) is 11.9 Å². The van der Waals surface area contributed by atoms with Crippen molar-refractivity contribution in [3.63, 3.8) is 0 Å². The molecule has 0 aromatic heterocycles. The van der Waals surface area contributed by atoms with Crippen molar-refractivity contribution < 1.29 is 9.13 Å². The summed E-state index contributed by atoms with van der Waals surface area (Å²) in [4.78, 5) is 2.39. The minimum Gasteiger partial charge on any atom is -0.497 e. The van der Waals surface area contributed by atoms with E-state index in [1.807, 2.05) is 6.07 Å². The molecular formula is C16H25FN2O. The molecule has 1 aromatic carbocycles. The Morgan fingerprint density at radius 3 is 2.65 bits per heavy atom. The van der Waals surface area contributed by atoms with E-state index in [9.17, 15) is 4.39 Å². The van der Waals surface area contributed by atoms with Gasteiger partial charge in [0.05, 0.1) is 7.11 Å². The highest BCUT2D eigenvalue weighted by atomic mass is 19.1. The van der Waals surface area contributed by atoms with E-state index in [1.165, 1.54) is 6.07 Å². The standard InChI is InChI=1S/C16H25FN2O/c1-4-12(2)16(19-9-7-18-8-10-19)14-11-13(20-3)5-6-15(14)17/h5-6,11-12,16,18H,4,7-10H2,1-3H3/t12?,16-/m0/s1. The maximum absolute atomic E-state index is 14.3. The molecule has 0 spiro atoms. The normalized spacial score (nSPS) is 19.6. The molecule has 1 N–H and O–H groups in total. The first-order chi connectivity index (χ1) is 9.67. The van der Waals surface area contributed by atoms with Gasteiger partial charge >= 0.3 is 0 Å². The Kier molecular flexibility index (Phi) is 5.38. The van der Waals surface area contributed by atoms with Crippen molar-refractivity contribution in [3.8, 4) is 5.75 Å². The predicted octanol–water partition coefficient (Wildman–Crippen LogP) is 2.83. The van der Waals surface area contributed by atoms with Crippen molar-refractivity contribution in [2.45, 2.75) is 26.3 Å². The van der Waals surface area contributed by atoms with E-state index in [1.54, 1.807) is 13.2 Å². The van der Waals surface area contributed by atoms with Gasteiger partial charge in [-0.15, -0.1) is 0 Å². The third-order valence-corrected chi connectivity index (χ3v) is 4.25. The Morgan fingerprint density at radius 2 is 2.05 bits per heavy atom. The number of hydrogen-bond donors (Lipinski definition) is 1. The molecule has 1 aliphatic rings. The monoisotopic (exact) mass is 280 g/mol. The molecule has 1 saturated heterocycles. The average molecular weight is 280 g/mol. The number of nitrogens with one attached hydrogen (secondary N) is 1. The molecule has 1 aliphatic heterocycles. The number of hydrogen-bond acceptors (Lipinski definition) is 3. The van der Waals surface area contributed by atoms with E-state index in [0.717, 1.165) is 43.9 Å². The zero-order chi connectivity index (χ0) is 14.5. The van der Waals surface area contributed by atoms with Gasteiger partial charge in [-0.05, 0) is 24.1 Å². The Hall–Kier alpha value is -1.13. The SMILES string of the molecule is CCC(C)[C@@H](c1cc(OC)ccc1F)N1CCNCC1. The van der Waals surface area contributed by atoms with Gasteiger partial charge in [0.25, 0.3) is 0 Å². The highest BCUT2D eigenvalue weighted by Gasteiger charge is 2.28. The molecule has 3 nitrogen and oxygen atoms in total. The minimum atomic E-state index is -0.130. The maximum Gasteiger partial charge on any atom is 0.128 e. The summed E-state index contributed by atoms with van der Waals surface area (Å²) >= 11 is 0. The summed E-state index contributed by atoms with van der Waals surface area (Å²) in [5.74, 6) is 1.01. The molecule has 0 bridgehead atoms. The fraction of sp³-hybridized carbons (Fsp3) is 0.625. The van der Waals surface area contributed by atoms with Crippen molar-refractivity contribution in [2.75, 3.05) is 33.3 Å². The summed E-state index contributed by atoms with van der Waals surface area (Å²) < 4.78 is 19.6. The van der Waals surface area contributed by atoms with Crippen LogP contribution in [0.3, 0.4) is 0 Å². The highest BCUT2D eigenvalue weighted by Crippen LogP contribution is 2.34. The van der Waals surface area contributed by atoms with E-state index >= 15 is 0 Å². The number of nitrogens with zero attached hydrogens (tertiary/aromatic N) is 1. The summed E-state index contributed by atoms with van der Waals surface area (Å²) in [5, 5.41) is 3.36. The molecule has 1 unspecified atom stereocenters. The number of benzene rings is 1. The maximum atomic E-state index is 14.3. The van der Waals surface area contributed by atoms with Crippen LogP contribution in [0.4, 0.5) is 4.39 Å². The number of rotatable bonds is 5. The first kappa shape index (κ1) is 15.3. The Morgan fingerprint density at radius 1 is 1.35 bits per heavy atom. The smallest absolute Gasteiger partial charge is 0.128 e. The second-order valence-corrected chi connectivity index (χ2v) is 5.50. The Balaban J connectivity index is 2.34. The van der Waals surface area contributed by atoms with Crippen LogP contribution in [-0.2, 0) is 0 Å². The van der Waals surface area contributed by atoms with Crippen LogP contribution in [0.2, 0.25) is 0 Å². The van der Waals surface area contributed by atoms with Gasteiger partial charge in [-0.2, -0.15) is 0 Å². The van der Waals surface area contributed by atoms with Crippen LogP contribution in [0.15, 0.2) is 18.2 Å². The minimum absolute atomic E-state index is 0.122. The lowest BCUT2D eigenvalue weighted by Crippen LogP contribution is -2.46. The molecule has 1 heterocycles. The third kappa shape index (κ3) is 3.30. The molecular weight excluding hydrogens is 255 g/mol. The van der Waals surface area contributed by atoms with Crippen LogP contribution in [0.5, 0.6) is 5.75 Å². The summed E-state index contributed by atoms with van der Waals surface area (Å²) in [6.07, 6.45) is 1.03. The molecule has 2 atom stereocenters. The fourth-order valence-corrected chi connectivity index (χ4v) is 2.92. The predicted molar refractivity (Wildman–Crippen MR) is 79.6 cm³/mol. The number of ether oxygens (including phenoxy) is 1. The topological polar surface area (TPSA) is 24.5 Å². The Labute approximate surface area is 121 Å². The first-order valence-corrected chi connectivity index (χ1v) is 7.45.